The highest BCUT2D eigenvalue weighted by Crippen LogP contribution is 2.32. The first kappa shape index (κ1) is 16.2. The van der Waals surface area contributed by atoms with Crippen molar-refractivity contribution in [2.45, 2.75) is 18.9 Å². The first-order chi connectivity index (χ1) is 9.79. The molecule has 1 atom stereocenters. The van der Waals surface area contributed by atoms with Crippen molar-refractivity contribution in [3.63, 3.8) is 0 Å². The fourth-order valence-corrected chi connectivity index (χ4v) is 3.40. The zero-order valence-corrected chi connectivity index (χ0v) is 14.5. The molecule has 0 fully saturated rings. The van der Waals surface area contributed by atoms with E-state index in [1.165, 1.54) is 6.92 Å². The summed E-state index contributed by atoms with van der Waals surface area (Å²) in [7, 11) is 0. The fraction of sp³-hybridized carbons (Fsp3) is 0.188. The number of carbonyl (C=O) groups is 1. The van der Waals surface area contributed by atoms with Crippen molar-refractivity contribution < 1.29 is 15.0 Å². The van der Waals surface area contributed by atoms with Gasteiger partial charge in [-0.05, 0) is 35.7 Å². The first-order valence-corrected chi connectivity index (χ1v) is 7.88. The third-order valence-corrected chi connectivity index (χ3v) is 4.39. The lowest BCUT2D eigenvalue weighted by Gasteiger charge is -2.22. The van der Waals surface area contributed by atoms with E-state index in [9.17, 15) is 9.90 Å². The van der Waals surface area contributed by atoms with Crippen LogP contribution in [0.5, 0.6) is 0 Å². The molecule has 0 amide bonds. The maximum Gasteiger partial charge on any atom is 0.306 e. The van der Waals surface area contributed by atoms with Gasteiger partial charge in [0.25, 0.3) is 0 Å². The van der Waals surface area contributed by atoms with Crippen molar-refractivity contribution in [2.24, 2.45) is 0 Å². The van der Waals surface area contributed by atoms with E-state index in [0.29, 0.717) is 5.56 Å². The number of benzene rings is 2. The molecule has 0 aliphatic carbocycles. The number of carboxylic acids is 1. The molecule has 0 saturated heterocycles. The monoisotopic (exact) mass is 412 g/mol. The van der Waals surface area contributed by atoms with E-state index in [0.717, 1.165) is 20.1 Å². The van der Waals surface area contributed by atoms with Crippen LogP contribution in [0.2, 0.25) is 0 Å². The Labute approximate surface area is 139 Å². The summed E-state index contributed by atoms with van der Waals surface area (Å²) in [5.41, 5.74) is 1.23. The molecular weight excluding hydrogens is 400 g/mol. The Morgan fingerprint density at radius 1 is 1.14 bits per heavy atom. The molecule has 2 N–H and O–H groups in total. The molecule has 5 heteroatoms. The van der Waals surface area contributed by atoms with Crippen LogP contribution in [0, 0.1) is 0 Å². The largest absolute Gasteiger partial charge is 0.481 e. The molecule has 0 aliphatic rings. The third kappa shape index (κ3) is 3.93. The van der Waals surface area contributed by atoms with Crippen molar-refractivity contribution in [1.82, 2.24) is 0 Å². The molecule has 110 valence electrons. The van der Waals surface area contributed by atoms with Crippen molar-refractivity contribution in [2.75, 3.05) is 0 Å². The number of hydrogen-bond acceptors (Lipinski definition) is 2. The normalized spacial score (nSPS) is 13.7. The van der Waals surface area contributed by atoms with E-state index in [4.69, 9.17) is 5.11 Å². The number of rotatable bonds is 4. The van der Waals surface area contributed by atoms with Crippen LogP contribution in [0.15, 0.2) is 51.4 Å². The minimum absolute atomic E-state index is 0.325. The summed E-state index contributed by atoms with van der Waals surface area (Å²) in [4.78, 5) is 10.8. The predicted octanol–water partition coefficient (Wildman–Crippen LogP) is 4.56. The van der Waals surface area contributed by atoms with E-state index in [2.05, 4.69) is 31.9 Å². The van der Waals surface area contributed by atoms with E-state index < -0.39 is 11.6 Å². The third-order valence-electron chi connectivity index (χ3n) is 3.24. The van der Waals surface area contributed by atoms with Gasteiger partial charge in [-0.1, -0.05) is 62.2 Å². The quantitative estimate of drug-likeness (QED) is 0.772. The van der Waals surface area contributed by atoms with Gasteiger partial charge in [-0.3, -0.25) is 4.79 Å². The van der Waals surface area contributed by atoms with Crippen molar-refractivity contribution >= 4 is 37.8 Å². The standard InChI is InChI=1S/C16H14Br2O3/c1-16(21,9-15(19)20)11-4-2-10(3-5-11)13-7-6-12(17)8-14(13)18/h2-8,21H,9H2,1H3,(H,19,20). The van der Waals surface area contributed by atoms with Crippen LogP contribution in [-0.2, 0) is 10.4 Å². The van der Waals surface area contributed by atoms with Crippen molar-refractivity contribution in [3.8, 4) is 11.1 Å². The molecule has 0 aliphatic heterocycles. The maximum absolute atomic E-state index is 10.8. The van der Waals surface area contributed by atoms with Crippen LogP contribution in [-0.4, -0.2) is 16.2 Å². The van der Waals surface area contributed by atoms with Gasteiger partial charge in [-0.25, -0.2) is 0 Å². The highest BCUT2D eigenvalue weighted by Gasteiger charge is 2.26. The van der Waals surface area contributed by atoms with Gasteiger partial charge in [0, 0.05) is 8.95 Å². The Bertz CT molecular complexity index is 664. The smallest absolute Gasteiger partial charge is 0.306 e. The second kappa shape index (κ2) is 6.30. The molecule has 2 aromatic rings. The van der Waals surface area contributed by atoms with Crippen LogP contribution in [0.3, 0.4) is 0 Å². The van der Waals surface area contributed by atoms with Gasteiger partial charge < -0.3 is 10.2 Å². The summed E-state index contributed by atoms with van der Waals surface area (Å²) < 4.78 is 1.95. The second-order valence-electron chi connectivity index (χ2n) is 5.05. The number of halogens is 2. The number of hydrogen-bond donors (Lipinski definition) is 2. The van der Waals surface area contributed by atoms with Crippen LogP contribution < -0.4 is 0 Å². The van der Waals surface area contributed by atoms with E-state index in [-0.39, 0.29) is 6.42 Å². The lowest BCUT2D eigenvalue weighted by atomic mass is 9.91. The van der Waals surface area contributed by atoms with Crippen LogP contribution in [0.25, 0.3) is 11.1 Å². The molecule has 21 heavy (non-hydrogen) atoms. The van der Waals surface area contributed by atoms with Crippen LogP contribution >= 0.6 is 31.9 Å². The van der Waals surface area contributed by atoms with Gasteiger partial charge >= 0.3 is 5.97 Å². The summed E-state index contributed by atoms with van der Waals surface area (Å²) in [6.45, 7) is 1.51. The summed E-state index contributed by atoms with van der Waals surface area (Å²) in [6, 6.07) is 13.2. The first-order valence-electron chi connectivity index (χ1n) is 6.30. The second-order valence-corrected chi connectivity index (χ2v) is 6.82. The summed E-state index contributed by atoms with van der Waals surface area (Å²) in [5, 5.41) is 19.0. The Morgan fingerprint density at radius 2 is 1.76 bits per heavy atom. The Morgan fingerprint density at radius 3 is 2.29 bits per heavy atom. The summed E-state index contributed by atoms with van der Waals surface area (Å²) in [6.07, 6.45) is -0.325. The van der Waals surface area contributed by atoms with Gasteiger partial charge in [0.2, 0.25) is 0 Å². The molecule has 0 radical (unpaired) electrons. The maximum atomic E-state index is 10.8. The molecule has 1 unspecified atom stereocenters. The van der Waals surface area contributed by atoms with Gasteiger partial charge in [-0.15, -0.1) is 0 Å². The number of aliphatic carboxylic acids is 1. The van der Waals surface area contributed by atoms with Gasteiger partial charge in [0.1, 0.15) is 0 Å². The molecular formula is C16H14Br2O3. The van der Waals surface area contributed by atoms with Crippen LogP contribution in [0.4, 0.5) is 0 Å². The van der Waals surface area contributed by atoms with Crippen LogP contribution in [0.1, 0.15) is 18.9 Å². The minimum atomic E-state index is -1.37. The van der Waals surface area contributed by atoms with Crippen molar-refractivity contribution in [3.05, 3.63) is 57.0 Å². The Kier molecular flexibility index (Phi) is 4.86. The van der Waals surface area contributed by atoms with Crippen molar-refractivity contribution in [1.29, 1.82) is 0 Å². The zero-order chi connectivity index (χ0) is 15.6. The van der Waals surface area contributed by atoms with Gasteiger partial charge in [0.05, 0.1) is 12.0 Å². The van der Waals surface area contributed by atoms with Gasteiger partial charge in [0.15, 0.2) is 0 Å². The lowest BCUT2D eigenvalue weighted by molar-refractivity contribution is -0.142. The molecule has 0 bridgehead atoms. The highest BCUT2D eigenvalue weighted by molar-refractivity contribution is 9.11. The summed E-state index contributed by atoms with van der Waals surface area (Å²) in [5.74, 6) is -1.03. The zero-order valence-electron chi connectivity index (χ0n) is 11.3. The average molecular weight is 414 g/mol. The van der Waals surface area contributed by atoms with E-state index >= 15 is 0 Å². The Hall–Kier alpha value is -1.17. The molecule has 0 aromatic heterocycles. The topological polar surface area (TPSA) is 57.5 Å². The Balaban J connectivity index is 2.32. The lowest BCUT2D eigenvalue weighted by Crippen LogP contribution is -2.24. The SMILES string of the molecule is CC(O)(CC(=O)O)c1ccc(-c2ccc(Br)cc2Br)cc1. The fourth-order valence-electron chi connectivity index (χ4n) is 2.13. The number of aliphatic hydroxyl groups is 1. The number of carboxylic acid groups (broad SMARTS) is 1. The minimum Gasteiger partial charge on any atom is -0.481 e. The molecule has 2 rings (SSSR count). The molecule has 0 spiro atoms. The molecule has 2 aromatic carbocycles. The van der Waals surface area contributed by atoms with Gasteiger partial charge in [-0.2, -0.15) is 0 Å². The van der Waals surface area contributed by atoms with E-state index in [1.807, 2.05) is 30.3 Å². The molecule has 3 nitrogen and oxygen atoms in total. The van der Waals surface area contributed by atoms with E-state index in [1.54, 1.807) is 12.1 Å². The highest BCUT2D eigenvalue weighted by atomic mass is 79.9. The summed E-state index contributed by atoms with van der Waals surface area (Å²) >= 11 is 6.93. The average Bonchev–Trinajstić information content (AvgIpc) is 2.37. The molecule has 0 saturated carbocycles. The molecule has 0 heterocycles. The predicted molar refractivity (Wildman–Crippen MR) is 89.1 cm³/mol.